The fourth-order valence-electron chi connectivity index (χ4n) is 3.21. The van der Waals surface area contributed by atoms with Crippen molar-refractivity contribution in [3.8, 4) is 11.3 Å². The molecular weight excluding hydrogens is 324 g/mol. The number of aromatic nitrogens is 3. The maximum atomic E-state index is 14.4. The SMILES string of the molecule is Cc1cnc2c(-c3ccc(F)cc3F)nc(C3CCOCC3)cc2n1. The highest BCUT2D eigenvalue weighted by molar-refractivity contribution is 5.89. The highest BCUT2D eigenvalue weighted by Crippen LogP contribution is 2.32. The van der Waals surface area contributed by atoms with Gasteiger partial charge in [0.2, 0.25) is 0 Å². The van der Waals surface area contributed by atoms with E-state index in [0.29, 0.717) is 29.9 Å². The zero-order chi connectivity index (χ0) is 17.4. The lowest BCUT2D eigenvalue weighted by molar-refractivity contribution is 0.0845. The summed E-state index contributed by atoms with van der Waals surface area (Å²) in [7, 11) is 0. The van der Waals surface area contributed by atoms with Crippen LogP contribution in [0.1, 0.15) is 30.1 Å². The second-order valence-electron chi connectivity index (χ2n) is 6.29. The molecule has 0 amide bonds. The van der Waals surface area contributed by atoms with Crippen molar-refractivity contribution < 1.29 is 13.5 Å². The fourth-order valence-corrected chi connectivity index (χ4v) is 3.21. The summed E-state index contributed by atoms with van der Waals surface area (Å²) in [6, 6.07) is 5.43. The number of aryl methyl sites for hydroxylation is 1. The zero-order valence-electron chi connectivity index (χ0n) is 13.8. The second kappa shape index (κ2) is 6.44. The van der Waals surface area contributed by atoms with Crippen LogP contribution in [-0.2, 0) is 4.74 Å². The van der Waals surface area contributed by atoms with Crippen molar-refractivity contribution in [1.29, 1.82) is 0 Å². The maximum Gasteiger partial charge on any atom is 0.135 e. The molecule has 0 aliphatic carbocycles. The van der Waals surface area contributed by atoms with Crippen LogP contribution in [0.4, 0.5) is 8.78 Å². The molecule has 4 rings (SSSR count). The number of hydrogen-bond donors (Lipinski definition) is 0. The molecule has 3 heterocycles. The van der Waals surface area contributed by atoms with Crippen molar-refractivity contribution in [2.75, 3.05) is 13.2 Å². The first kappa shape index (κ1) is 16.0. The van der Waals surface area contributed by atoms with Gasteiger partial charge in [-0.05, 0) is 38.0 Å². The molecule has 6 heteroatoms. The summed E-state index contributed by atoms with van der Waals surface area (Å²) in [6.45, 7) is 3.23. The van der Waals surface area contributed by atoms with Crippen molar-refractivity contribution in [3.05, 3.63) is 53.5 Å². The summed E-state index contributed by atoms with van der Waals surface area (Å²) in [4.78, 5) is 13.6. The van der Waals surface area contributed by atoms with Crippen LogP contribution in [0.15, 0.2) is 30.5 Å². The number of halogens is 2. The molecule has 0 atom stereocenters. The van der Waals surface area contributed by atoms with Crippen LogP contribution in [0, 0.1) is 18.6 Å². The van der Waals surface area contributed by atoms with Gasteiger partial charge in [-0.1, -0.05) is 0 Å². The van der Waals surface area contributed by atoms with Gasteiger partial charge in [0.05, 0.1) is 11.2 Å². The quantitative estimate of drug-likeness (QED) is 0.702. The number of nitrogens with zero attached hydrogens (tertiary/aromatic N) is 3. The third-order valence-corrected chi connectivity index (χ3v) is 4.50. The van der Waals surface area contributed by atoms with Crippen LogP contribution >= 0.6 is 0 Å². The van der Waals surface area contributed by atoms with Crippen molar-refractivity contribution in [2.24, 2.45) is 0 Å². The van der Waals surface area contributed by atoms with Gasteiger partial charge in [0.25, 0.3) is 0 Å². The summed E-state index contributed by atoms with van der Waals surface area (Å²) in [5, 5.41) is 0. The number of pyridine rings is 1. The minimum absolute atomic E-state index is 0.235. The van der Waals surface area contributed by atoms with Gasteiger partial charge in [0.1, 0.15) is 22.8 Å². The molecule has 1 fully saturated rings. The van der Waals surface area contributed by atoms with Gasteiger partial charge < -0.3 is 4.74 Å². The zero-order valence-corrected chi connectivity index (χ0v) is 13.8. The van der Waals surface area contributed by atoms with E-state index in [0.717, 1.165) is 30.3 Å². The Morgan fingerprint density at radius 3 is 2.64 bits per heavy atom. The molecule has 0 unspecified atom stereocenters. The van der Waals surface area contributed by atoms with Crippen LogP contribution in [0.5, 0.6) is 0 Å². The number of fused-ring (bicyclic) bond motifs is 1. The summed E-state index contributed by atoms with van der Waals surface area (Å²) in [6.07, 6.45) is 3.36. The first-order valence-electron chi connectivity index (χ1n) is 8.29. The number of benzene rings is 1. The van der Waals surface area contributed by atoms with Crippen LogP contribution in [-0.4, -0.2) is 28.2 Å². The van der Waals surface area contributed by atoms with E-state index >= 15 is 0 Å². The van der Waals surface area contributed by atoms with Crippen molar-refractivity contribution >= 4 is 11.0 Å². The Morgan fingerprint density at radius 1 is 1.08 bits per heavy atom. The van der Waals surface area contributed by atoms with E-state index in [-0.39, 0.29) is 11.5 Å². The van der Waals surface area contributed by atoms with E-state index in [9.17, 15) is 8.78 Å². The third kappa shape index (κ3) is 3.09. The smallest absolute Gasteiger partial charge is 0.135 e. The molecule has 1 aromatic carbocycles. The molecule has 1 aliphatic heterocycles. The Kier molecular flexibility index (Phi) is 4.13. The molecule has 128 valence electrons. The van der Waals surface area contributed by atoms with Crippen molar-refractivity contribution in [3.63, 3.8) is 0 Å². The second-order valence-corrected chi connectivity index (χ2v) is 6.29. The molecule has 1 aliphatic rings. The van der Waals surface area contributed by atoms with Crippen molar-refractivity contribution in [1.82, 2.24) is 15.0 Å². The number of rotatable bonds is 2. The summed E-state index contributed by atoms with van der Waals surface area (Å²) >= 11 is 0. The largest absolute Gasteiger partial charge is 0.381 e. The number of ether oxygens (including phenoxy) is 1. The van der Waals surface area contributed by atoms with Crippen LogP contribution in [0.25, 0.3) is 22.3 Å². The van der Waals surface area contributed by atoms with E-state index < -0.39 is 11.6 Å². The average molecular weight is 341 g/mol. The molecule has 25 heavy (non-hydrogen) atoms. The van der Waals surface area contributed by atoms with Crippen LogP contribution < -0.4 is 0 Å². The van der Waals surface area contributed by atoms with E-state index in [1.165, 1.54) is 12.1 Å². The Morgan fingerprint density at radius 2 is 1.88 bits per heavy atom. The first-order chi connectivity index (χ1) is 12.1. The molecule has 0 bridgehead atoms. The normalized spacial score (nSPS) is 15.6. The Balaban J connectivity index is 1.94. The van der Waals surface area contributed by atoms with Crippen LogP contribution in [0.3, 0.4) is 0 Å². The number of hydrogen-bond acceptors (Lipinski definition) is 4. The fraction of sp³-hybridized carbons (Fsp3) is 0.316. The first-order valence-corrected chi connectivity index (χ1v) is 8.29. The molecule has 1 saturated heterocycles. The third-order valence-electron chi connectivity index (χ3n) is 4.50. The molecule has 3 aromatic rings. The van der Waals surface area contributed by atoms with E-state index in [1.807, 2.05) is 13.0 Å². The lowest BCUT2D eigenvalue weighted by atomic mass is 9.95. The van der Waals surface area contributed by atoms with Gasteiger partial charge in [-0.15, -0.1) is 0 Å². The molecule has 0 N–H and O–H groups in total. The van der Waals surface area contributed by atoms with Gasteiger partial charge in [0.15, 0.2) is 0 Å². The molecule has 4 nitrogen and oxygen atoms in total. The minimum atomic E-state index is -0.652. The topological polar surface area (TPSA) is 47.9 Å². The lowest BCUT2D eigenvalue weighted by Gasteiger charge is -2.22. The highest BCUT2D eigenvalue weighted by Gasteiger charge is 2.21. The monoisotopic (exact) mass is 341 g/mol. The molecule has 0 radical (unpaired) electrons. The van der Waals surface area contributed by atoms with E-state index in [1.54, 1.807) is 6.20 Å². The Bertz CT molecular complexity index is 939. The van der Waals surface area contributed by atoms with Gasteiger partial charge in [-0.2, -0.15) is 0 Å². The molecule has 0 spiro atoms. The predicted octanol–water partition coefficient (Wildman–Crippen LogP) is 4.17. The average Bonchev–Trinajstić information content (AvgIpc) is 2.61. The predicted molar refractivity (Wildman–Crippen MR) is 90.2 cm³/mol. The van der Waals surface area contributed by atoms with Crippen LogP contribution in [0.2, 0.25) is 0 Å². The van der Waals surface area contributed by atoms with Gasteiger partial charge >= 0.3 is 0 Å². The van der Waals surface area contributed by atoms with Gasteiger partial charge in [0, 0.05) is 42.7 Å². The maximum absolute atomic E-state index is 14.4. The summed E-state index contributed by atoms with van der Waals surface area (Å²) < 4.78 is 33.1. The standard InChI is InChI=1S/C19H17F2N3O/c1-11-10-22-19-17(23-11)9-16(12-4-6-25-7-5-12)24-18(19)14-3-2-13(20)8-15(14)21/h2-3,8-10,12H,4-7H2,1H3. The molecule has 0 saturated carbocycles. The summed E-state index contributed by atoms with van der Waals surface area (Å²) in [5.74, 6) is -1.03. The Hall–Kier alpha value is -2.47. The van der Waals surface area contributed by atoms with Gasteiger partial charge in [-0.3, -0.25) is 4.98 Å². The van der Waals surface area contributed by atoms with Gasteiger partial charge in [-0.25, -0.2) is 18.7 Å². The summed E-state index contributed by atoms with van der Waals surface area (Å²) in [5.41, 5.74) is 3.47. The minimum Gasteiger partial charge on any atom is -0.381 e. The van der Waals surface area contributed by atoms with Crippen molar-refractivity contribution in [2.45, 2.75) is 25.7 Å². The van der Waals surface area contributed by atoms with E-state index in [2.05, 4.69) is 9.97 Å². The Labute approximate surface area is 143 Å². The highest BCUT2D eigenvalue weighted by atomic mass is 19.1. The molecular formula is C19H17F2N3O. The lowest BCUT2D eigenvalue weighted by Crippen LogP contribution is -2.15. The molecule has 2 aromatic heterocycles. The van der Waals surface area contributed by atoms with E-state index in [4.69, 9.17) is 9.72 Å².